The third-order valence-corrected chi connectivity index (χ3v) is 1.82. The fourth-order valence-corrected chi connectivity index (χ4v) is 1.24. The highest BCUT2D eigenvalue weighted by molar-refractivity contribution is 5.85. The standard InChI is InChI=1S/C12H15N.ClH/c1-3-10-13(11-4-2)12-8-6-5-7-9-12;/h3-9H,1-2,10-11H2;1H. The lowest BCUT2D eigenvalue weighted by molar-refractivity contribution is 0.957. The molecule has 0 aliphatic heterocycles. The normalized spacial score (nSPS) is 8.57. The van der Waals surface area contributed by atoms with E-state index in [1.54, 1.807) is 0 Å². The Hall–Kier alpha value is -1.21. The second-order valence-corrected chi connectivity index (χ2v) is 2.82. The molecule has 76 valence electrons. The van der Waals surface area contributed by atoms with Crippen LogP contribution in [0, 0.1) is 0 Å². The minimum atomic E-state index is 0. The molecule has 0 heterocycles. The van der Waals surface area contributed by atoms with Crippen LogP contribution in [0.1, 0.15) is 0 Å². The Balaban J connectivity index is 0.00000169. The molecule has 0 N–H and O–H groups in total. The van der Waals surface area contributed by atoms with Crippen LogP contribution in [-0.4, -0.2) is 13.1 Å². The highest BCUT2D eigenvalue weighted by Gasteiger charge is 1.99. The summed E-state index contributed by atoms with van der Waals surface area (Å²) in [7, 11) is 0. The van der Waals surface area contributed by atoms with Crippen molar-refractivity contribution < 1.29 is 0 Å². The lowest BCUT2D eigenvalue weighted by Gasteiger charge is -2.21. The number of hydrogen-bond donors (Lipinski definition) is 0. The van der Waals surface area contributed by atoms with E-state index >= 15 is 0 Å². The van der Waals surface area contributed by atoms with E-state index in [1.165, 1.54) is 5.69 Å². The molecule has 0 aliphatic carbocycles. The van der Waals surface area contributed by atoms with Gasteiger partial charge in [-0.1, -0.05) is 30.4 Å². The lowest BCUT2D eigenvalue weighted by atomic mass is 10.3. The molecular weight excluding hydrogens is 194 g/mol. The van der Waals surface area contributed by atoms with Crippen molar-refractivity contribution in [3.8, 4) is 0 Å². The van der Waals surface area contributed by atoms with Crippen LogP contribution in [-0.2, 0) is 0 Å². The Morgan fingerprint density at radius 2 is 1.50 bits per heavy atom. The molecule has 0 saturated heterocycles. The third-order valence-electron chi connectivity index (χ3n) is 1.82. The fourth-order valence-electron chi connectivity index (χ4n) is 1.24. The van der Waals surface area contributed by atoms with E-state index in [1.807, 2.05) is 30.4 Å². The van der Waals surface area contributed by atoms with Crippen molar-refractivity contribution in [3.05, 3.63) is 55.6 Å². The maximum absolute atomic E-state index is 3.73. The Kier molecular flexibility index (Phi) is 6.59. The molecular formula is C12H16ClN. The summed E-state index contributed by atoms with van der Waals surface area (Å²) in [5, 5.41) is 0. The number of rotatable bonds is 5. The molecule has 2 heteroatoms. The number of hydrogen-bond acceptors (Lipinski definition) is 1. The van der Waals surface area contributed by atoms with Gasteiger partial charge in [-0.15, -0.1) is 25.6 Å². The Labute approximate surface area is 92.2 Å². The summed E-state index contributed by atoms with van der Waals surface area (Å²) in [6.45, 7) is 9.18. The van der Waals surface area contributed by atoms with Gasteiger partial charge in [0.1, 0.15) is 0 Å². The maximum Gasteiger partial charge on any atom is 0.0371 e. The summed E-state index contributed by atoms with van der Waals surface area (Å²) in [6.07, 6.45) is 3.80. The molecule has 0 saturated carbocycles. The van der Waals surface area contributed by atoms with Crippen LogP contribution in [0.3, 0.4) is 0 Å². The van der Waals surface area contributed by atoms with Crippen LogP contribution in [0.15, 0.2) is 55.6 Å². The molecule has 1 rings (SSSR count). The maximum atomic E-state index is 3.73. The van der Waals surface area contributed by atoms with E-state index in [0.717, 1.165) is 13.1 Å². The van der Waals surface area contributed by atoms with Crippen LogP contribution >= 0.6 is 12.4 Å². The monoisotopic (exact) mass is 209 g/mol. The summed E-state index contributed by atoms with van der Waals surface area (Å²) in [5.41, 5.74) is 1.21. The molecule has 0 atom stereocenters. The van der Waals surface area contributed by atoms with E-state index < -0.39 is 0 Å². The Morgan fingerprint density at radius 1 is 1.00 bits per heavy atom. The second kappa shape index (κ2) is 7.22. The first-order valence-corrected chi connectivity index (χ1v) is 4.40. The molecule has 1 aromatic carbocycles. The summed E-state index contributed by atoms with van der Waals surface area (Å²) in [6, 6.07) is 10.3. The van der Waals surface area contributed by atoms with Gasteiger partial charge >= 0.3 is 0 Å². The highest BCUT2D eigenvalue weighted by Crippen LogP contribution is 2.12. The van der Waals surface area contributed by atoms with Crippen LogP contribution in [0.4, 0.5) is 5.69 Å². The predicted octanol–water partition coefficient (Wildman–Crippen LogP) is 3.29. The second-order valence-electron chi connectivity index (χ2n) is 2.82. The van der Waals surface area contributed by atoms with Crippen molar-refractivity contribution in [1.29, 1.82) is 0 Å². The van der Waals surface area contributed by atoms with Crippen molar-refractivity contribution in [2.45, 2.75) is 0 Å². The molecule has 0 radical (unpaired) electrons. The number of benzene rings is 1. The number of anilines is 1. The van der Waals surface area contributed by atoms with Gasteiger partial charge in [-0.3, -0.25) is 0 Å². The van der Waals surface area contributed by atoms with Gasteiger partial charge in [0.05, 0.1) is 0 Å². The molecule has 1 nitrogen and oxygen atoms in total. The first-order valence-electron chi connectivity index (χ1n) is 4.40. The summed E-state index contributed by atoms with van der Waals surface area (Å²) < 4.78 is 0. The Morgan fingerprint density at radius 3 is 1.93 bits per heavy atom. The molecule has 0 aliphatic rings. The van der Waals surface area contributed by atoms with Gasteiger partial charge in [0.2, 0.25) is 0 Å². The first kappa shape index (κ1) is 12.8. The van der Waals surface area contributed by atoms with E-state index in [4.69, 9.17) is 0 Å². The van der Waals surface area contributed by atoms with Crippen molar-refractivity contribution >= 4 is 18.1 Å². The molecule has 0 bridgehead atoms. The van der Waals surface area contributed by atoms with Gasteiger partial charge in [0, 0.05) is 18.8 Å². The predicted molar refractivity (Wildman–Crippen MR) is 66.3 cm³/mol. The van der Waals surface area contributed by atoms with E-state index in [2.05, 4.69) is 30.2 Å². The molecule has 14 heavy (non-hydrogen) atoms. The summed E-state index contributed by atoms with van der Waals surface area (Å²) in [4.78, 5) is 2.21. The molecule has 1 aromatic rings. The van der Waals surface area contributed by atoms with Crippen LogP contribution in [0.25, 0.3) is 0 Å². The fraction of sp³-hybridized carbons (Fsp3) is 0.167. The average molecular weight is 210 g/mol. The minimum Gasteiger partial charge on any atom is -0.364 e. The van der Waals surface area contributed by atoms with Gasteiger partial charge in [-0.05, 0) is 12.1 Å². The number of para-hydroxylation sites is 1. The van der Waals surface area contributed by atoms with E-state index in [9.17, 15) is 0 Å². The van der Waals surface area contributed by atoms with Crippen molar-refractivity contribution in [2.75, 3.05) is 18.0 Å². The van der Waals surface area contributed by atoms with Gasteiger partial charge in [0.25, 0.3) is 0 Å². The Bertz CT molecular complexity index is 259. The molecule has 0 unspecified atom stereocenters. The van der Waals surface area contributed by atoms with Gasteiger partial charge < -0.3 is 4.90 Å². The average Bonchev–Trinajstić information content (AvgIpc) is 2.19. The van der Waals surface area contributed by atoms with Gasteiger partial charge in [-0.2, -0.15) is 0 Å². The smallest absolute Gasteiger partial charge is 0.0371 e. The topological polar surface area (TPSA) is 3.24 Å². The molecule has 0 amide bonds. The quantitative estimate of drug-likeness (QED) is 0.673. The van der Waals surface area contributed by atoms with Crippen molar-refractivity contribution in [1.82, 2.24) is 0 Å². The number of nitrogens with zero attached hydrogens (tertiary/aromatic N) is 1. The van der Waals surface area contributed by atoms with E-state index in [-0.39, 0.29) is 12.4 Å². The van der Waals surface area contributed by atoms with Crippen molar-refractivity contribution in [2.24, 2.45) is 0 Å². The van der Waals surface area contributed by atoms with E-state index in [0.29, 0.717) is 0 Å². The van der Waals surface area contributed by atoms with Crippen LogP contribution < -0.4 is 4.90 Å². The SMILES string of the molecule is C=CCN(CC=C)c1ccccc1.Cl. The van der Waals surface area contributed by atoms with Gasteiger partial charge in [-0.25, -0.2) is 0 Å². The largest absolute Gasteiger partial charge is 0.364 e. The zero-order valence-corrected chi connectivity index (χ0v) is 9.04. The zero-order chi connectivity index (χ0) is 9.52. The van der Waals surface area contributed by atoms with Crippen LogP contribution in [0.2, 0.25) is 0 Å². The first-order chi connectivity index (χ1) is 6.38. The minimum absolute atomic E-state index is 0. The van der Waals surface area contributed by atoms with Crippen molar-refractivity contribution in [3.63, 3.8) is 0 Å². The molecule has 0 fully saturated rings. The molecule has 0 spiro atoms. The zero-order valence-electron chi connectivity index (χ0n) is 8.23. The summed E-state index contributed by atoms with van der Waals surface area (Å²) in [5.74, 6) is 0. The van der Waals surface area contributed by atoms with Gasteiger partial charge in [0.15, 0.2) is 0 Å². The van der Waals surface area contributed by atoms with Crippen LogP contribution in [0.5, 0.6) is 0 Å². The number of halogens is 1. The summed E-state index contributed by atoms with van der Waals surface area (Å²) >= 11 is 0. The highest BCUT2D eigenvalue weighted by atomic mass is 35.5. The molecule has 0 aromatic heterocycles. The lowest BCUT2D eigenvalue weighted by Crippen LogP contribution is -2.22. The third kappa shape index (κ3) is 3.67.